The van der Waals surface area contributed by atoms with Gasteiger partial charge >= 0.3 is 12.1 Å². The van der Waals surface area contributed by atoms with Crippen molar-refractivity contribution in [2.24, 2.45) is 0 Å². The molecule has 0 radical (unpaired) electrons. The summed E-state index contributed by atoms with van der Waals surface area (Å²) in [6.07, 6.45) is 1.41. The van der Waals surface area contributed by atoms with Gasteiger partial charge in [-0.25, -0.2) is 4.79 Å². The molecule has 0 bridgehead atoms. The predicted molar refractivity (Wildman–Crippen MR) is 90.2 cm³/mol. The molecule has 0 spiro atoms. The number of carbonyl (C=O) groups excluding carboxylic acids is 2. The normalized spacial score (nSPS) is 18.0. The van der Waals surface area contributed by atoms with Crippen molar-refractivity contribution in [3.05, 3.63) is 18.2 Å². The Hall–Kier alpha value is -2.31. The standard InChI is InChI=1S/C17H25N3O4/c1-12(21)23-15-9-5-8-14(19-15)20-10-6-7-13(11-20)18-16(22)24-17(2,3)4/h5,8-9,13H,6-7,10-11H2,1-4H3,(H,18,22)/t13-/m0/s1. The lowest BCUT2D eigenvalue weighted by Crippen LogP contribution is -2.49. The minimum Gasteiger partial charge on any atom is -0.444 e. The second-order valence-corrected chi connectivity index (χ2v) is 6.86. The van der Waals surface area contributed by atoms with Gasteiger partial charge in [-0.1, -0.05) is 6.07 Å². The van der Waals surface area contributed by atoms with Crippen molar-refractivity contribution in [2.75, 3.05) is 18.0 Å². The molecule has 0 aromatic carbocycles. The van der Waals surface area contributed by atoms with E-state index in [4.69, 9.17) is 9.47 Å². The molecule has 132 valence electrons. The average molecular weight is 335 g/mol. The molecule has 0 unspecified atom stereocenters. The fourth-order valence-corrected chi connectivity index (χ4v) is 2.56. The van der Waals surface area contributed by atoms with E-state index in [1.54, 1.807) is 12.1 Å². The molecule has 1 saturated heterocycles. The summed E-state index contributed by atoms with van der Waals surface area (Å²) < 4.78 is 10.3. The van der Waals surface area contributed by atoms with Crippen LogP contribution in [0.4, 0.5) is 10.6 Å². The summed E-state index contributed by atoms with van der Waals surface area (Å²) >= 11 is 0. The Bertz CT molecular complexity index is 598. The second-order valence-electron chi connectivity index (χ2n) is 6.86. The highest BCUT2D eigenvalue weighted by Gasteiger charge is 2.25. The van der Waals surface area contributed by atoms with Crippen LogP contribution in [0, 0.1) is 0 Å². The van der Waals surface area contributed by atoms with Gasteiger partial charge in [0, 0.05) is 32.1 Å². The lowest BCUT2D eigenvalue weighted by atomic mass is 10.1. The van der Waals surface area contributed by atoms with Gasteiger partial charge in [0.05, 0.1) is 0 Å². The summed E-state index contributed by atoms with van der Waals surface area (Å²) in [5.41, 5.74) is -0.516. The van der Waals surface area contributed by atoms with Crippen molar-refractivity contribution in [3.63, 3.8) is 0 Å². The maximum atomic E-state index is 11.9. The van der Waals surface area contributed by atoms with E-state index < -0.39 is 17.7 Å². The van der Waals surface area contributed by atoms with E-state index in [-0.39, 0.29) is 11.9 Å². The number of nitrogens with one attached hydrogen (secondary N) is 1. The highest BCUT2D eigenvalue weighted by molar-refractivity contribution is 5.69. The third kappa shape index (κ3) is 5.72. The van der Waals surface area contributed by atoms with Crippen LogP contribution in [-0.2, 0) is 9.53 Å². The Balaban J connectivity index is 1.98. The first-order valence-electron chi connectivity index (χ1n) is 8.13. The van der Waals surface area contributed by atoms with Crippen molar-refractivity contribution in [2.45, 2.75) is 52.2 Å². The number of hydrogen-bond acceptors (Lipinski definition) is 6. The summed E-state index contributed by atoms with van der Waals surface area (Å²) in [4.78, 5) is 29.4. The van der Waals surface area contributed by atoms with Crippen LogP contribution in [0.1, 0.15) is 40.5 Å². The Kier molecular flexibility index (Phi) is 5.64. The molecule has 1 N–H and O–H groups in total. The smallest absolute Gasteiger partial charge is 0.407 e. The molecule has 1 aliphatic rings. The van der Waals surface area contributed by atoms with Crippen molar-refractivity contribution in [1.29, 1.82) is 0 Å². The Morgan fingerprint density at radius 1 is 1.33 bits per heavy atom. The second kappa shape index (κ2) is 7.51. The molecule has 7 nitrogen and oxygen atoms in total. The number of carbonyl (C=O) groups is 2. The summed E-state index contributed by atoms with van der Waals surface area (Å²) in [5.74, 6) is 0.606. The fourth-order valence-electron chi connectivity index (χ4n) is 2.56. The number of pyridine rings is 1. The van der Waals surface area contributed by atoms with Gasteiger partial charge in [0.25, 0.3) is 0 Å². The van der Waals surface area contributed by atoms with Gasteiger partial charge in [0.1, 0.15) is 11.4 Å². The van der Waals surface area contributed by atoms with E-state index in [9.17, 15) is 9.59 Å². The molecule has 1 fully saturated rings. The van der Waals surface area contributed by atoms with Gasteiger partial charge in [-0.3, -0.25) is 4.79 Å². The Morgan fingerprint density at radius 2 is 2.08 bits per heavy atom. The van der Waals surface area contributed by atoms with Gasteiger partial charge in [0.15, 0.2) is 0 Å². The maximum Gasteiger partial charge on any atom is 0.407 e. The third-order valence-corrected chi connectivity index (χ3v) is 3.42. The maximum absolute atomic E-state index is 11.9. The first kappa shape index (κ1) is 18.0. The van der Waals surface area contributed by atoms with Crippen molar-refractivity contribution in [1.82, 2.24) is 10.3 Å². The first-order chi connectivity index (χ1) is 11.2. The molecule has 0 saturated carbocycles. The number of rotatable bonds is 3. The van der Waals surface area contributed by atoms with Gasteiger partial charge < -0.3 is 19.7 Å². The number of ether oxygens (including phenoxy) is 2. The largest absolute Gasteiger partial charge is 0.444 e. The van der Waals surface area contributed by atoms with Gasteiger partial charge in [0.2, 0.25) is 5.88 Å². The van der Waals surface area contributed by atoms with Crippen molar-refractivity contribution in [3.8, 4) is 5.88 Å². The third-order valence-electron chi connectivity index (χ3n) is 3.42. The minimum absolute atomic E-state index is 0.00668. The van der Waals surface area contributed by atoms with Crippen LogP contribution in [0.2, 0.25) is 0 Å². The number of anilines is 1. The molecular weight excluding hydrogens is 310 g/mol. The molecule has 2 heterocycles. The van der Waals surface area contributed by atoms with Crippen LogP contribution >= 0.6 is 0 Å². The minimum atomic E-state index is -0.516. The van der Waals surface area contributed by atoms with Crippen molar-refractivity contribution >= 4 is 17.9 Å². The molecule has 1 aromatic heterocycles. The molecule has 1 aliphatic heterocycles. The lowest BCUT2D eigenvalue weighted by molar-refractivity contribution is -0.132. The first-order valence-corrected chi connectivity index (χ1v) is 8.13. The van der Waals surface area contributed by atoms with Gasteiger partial charge in [-0.2, -0.15) is 4.98 Å². The van der Waals surface area contributed by atoms with Crippen LogP contribution in [0.15, 0.2) is 18.2 Å². The lowest BCUT2D eigenvalue weighted by Gasteiger charge is -2.34. The summed E-state index contributed by atoms with van der Waals surface area (Å²) in [6, 6.07) is 5.30. The summed E-state index contributed by atoms with van der Waals surface area (Å²) in [5, 5.41) is 2.91. The summed E-state index contributed by atoms with van der Waals surface area (Å²) in [7, 11) is 0. The number of esters is 1. The molecule has 1 amide bonds. The molecule has 24 heavy (non-hydrogen) atoms. The van der Waals surface area contributed by atoms with E-state index in [0.29, 0.717) is 6.54 Å². The monoisotopic (exact) mass is 335 g/mol. The van der Waals surface area contributed by atoms with E-state index in [0.717, 1.165) is 25.2 Å². The van der Waals surface area contributed by atoms with E-state index in [1.165, 1.54) is 6.92 Å². The Morgan fingerprint density at radius 3 is 2.75 bits per heavy atom. The average Bonchev–Trinajstić information content (AvgIpc) is 2.45. The molecular formula is C17H25N3O4. The van der Waals surface area contributed by atoms with Gasteiger partial charge in [-0.05, 0) is 39.7 Å². The molecule has 1 aromatic rings. The van der Waals surface area contributed by atoms with Crippen molar-refractivity contribution < 1.29 is 19.1 Å². The highest BCUT2D eigenvalue weighted by Crippen LogP contribution is 2.21. The van der Waals surface area contributed by atoms with Crippen LogP contribution in [-0.4, -0.2) is 41.8 Å². The fraction of sp³-hybridized carbons (Fsp3) is 0.588. The number of hydrogen-bond donors (Lipinski definition) is 1. The number of aromatic nitrogens is 1. The highest BCUT2D eigenvalue weighted by atomic mass is 16.6. The van der Waals surface area contributed by atoms with E-state index >= 15 is 0 Å². The number of alkyl carbamates (subject to hydrolysis) is 1. The number of amides is 1. The molecule has 2 rings (SSSR count). The van der Waals surface area contributed by atoms with Gasteiger partial charge in [-0.15, -0.1) is 0 Å². The van der Waals surface area contributed by atoms with Crippen LogP contribution < -0.4 is 15.0 Å². The SMILES string of the molecule is CC(=O)Oc1cccc(N2CCC[C@H](NC(=O)OC(C)(C)C)C2)n1. The topological polar surface area (TPSA) is 80.8 Å². The summed E-state index contributed by atoms with van der Waals surface area (Å²) in [6.45, 7) is 8.33. The van der Waals surface area contributed by atoms with Crippen LogP contribution in [0.25, 0.3) is 0 Å². The predicted octanol–water partition coefficient (Wildman–Crippen LogP) is 2.50. The Labute approximate surface area is 142 Å². The molecule has 0 aliphatic carbocycles. The van der Waals surface area contributed by atoms with E-state index in [2.05, 4.69) is 15.2 Å². The van der Waals surface area contributed by atoms with Crippen LogP contribution in [0.5, 0.6) is 5.88 Å². The number of piperidine rings is 1. The zero-order valence-electron chi connectivity index (χ0n) is 14.7. The molecule has 1 atom stereocenters. The number of nitrogens with zero attached hydrogens (tertiary/aromatic N) is 2. The van der Waals surface area contributed by atoms with Crippen LogP contribution in [0.3, 0.4) is 0 Å². The zero-order chi connectivity index (χ0) is 17.7. The molecule has 7 heteroatoms. The quantitative estimate of drug-likeness (QED) is 0.855. The van der Waals surface area contributed by atoms with E-state index in [1.807, 2.05) is 26.8 Å². The zero-order valence-corrected chi connectivity index (χ0v) is 14.7.